The zero-order valence-electron chi connectivity index (χ0n) is 15.7. The molecule has 1 N–H and O–H groups in total. The summed E-state index contributed by atoms with van der Waals surface area (Å²) in [5, 5.41) is 2.97. The Bertz CT molecular complexity index is 808. The fraction of sp³-hybridized carbons (Fsp3) is 0.381. The topological polar surface area (TPSA) is 56.8 Å². The minimum Gasteiger partial charge on any atom is -0.495 e. The molecule has 1 aliphatic rings. The molecule has 0 aliphatic carbocycles. The number of amides is 1. The van der Waals surface area contributed by atoms with Gasteiger partial charge in [-0.25, -0.2) is 0 Å². The summed E-state index contributed by atoms with van der Waals surface area (Å²) in [6.45, 7) is 7.48. The van der Waals surface area contributed by atoms with Crippen molar-refractivity contribution in [2.45, 2.75) is 32.6 Å². The maximum atomic E-state index is 12.5. The Balaban J connectivity index is 1.75. The molecule has 0 saturated carbocycles. The summed E-state index contributed by atoms with van der Waals surface area (Å²) in [7, 11) is 1.60. The summed E-state index contributed by atoms with van der Waals surface area (Å²) in [6.07, 6.45) is 0.250. The van der Waals surface area contributed by atoms with Crippen LogP contribution in [0.2, 0.25) is 0 Å². The molecule has 0 unspecified atom stereocenters. The van der Waals surface area contributed by atoms with E-state index in [9.17, 15) is 4.79 Å². The Morgan fingerprint density at radius 3 is 2.50 bits per heavy atom. The zero-order valence-corrected chi connectivity index (χ0v) is 15.7. The van der Waals surface area contributed by atoms with E-state index in [4.69, 9.17) is 14.2 Å². The van der Waals surface area contributed by atoms with Crippen LogP contribution in [0.1, 0.15) is 31.9 Å². The van der Waals surface area contributed by atoms with Crippen LogP contribution >= 0.6 is 0 Å². The highest BCUT2D eigenvalue weighted by atomic mass is 16.6. The second-order valence-electron chi connectivity index (χ2n) is 7.37. The van der Waals surface area contributed by atoms with Gasteiger partial charge in [0.2, 0.25) is 5.91 Å². The number of rotatable bonds is 4. The van der Waals surface area contributed by atoms with E-state index in [1.165, 1.54) is 0 Å². The molecule has 0 saturated heterocycles. The molecule has 0 aromatic heterocycles. The molecular formula is C21H25NO4. The third-order valence-electron chi connectivity index (χ3n) is 4.31. The standard InChI is InChI=1S/C21H25NO4/c1-21(2,3)15-6-8-17(24-4)16(13-15)22-20(23)12-14-5-7-18-19(11-14)26-10-9-25-18/h5-8,11,13H,9-10,12H2,1-4H3,(H,22,23). The predicted octanol–water partition coefficient (Wildman–Crippen LogP) is 3.95. The fourth-order valence-electron chi connectivity index (χ4n) is 2.85. The smallest absolute Gasteiger partial charge is 0.228 e. The summed E-state index contributed by atoms with van der Waals surface area (Å²) in [5.41, 5.74) is 2.68. The quantitative estimate of drug-likeness (QED) is 0.902. The van der Waals surface area contributed by atoms with Crippen molar-refractivity contribution in [2.24, 2.45) is 0 Å². The molecule has 2 aromatic rings. The largest absolute Gasteiger partial charge is 0.495 e. The highest BCUT2D eigenvalue weighted by Gasteiger charge is 2.18. The van der Waals surface area contributed by atoms with Crippen molar-refractivity contribution in [3.63, 3.8) is 0 Å². The van der Waals surface area contributed by atoms with Crippen LogP contribution in [0.15, 0.2) is 36.4 Å². The van der Waals surface area contributed by atoms with Crippen molar-refractivity contribution < 1.29 is 19.0 Å². The third-order valence-corrected chi connectivity index (χ3v) is 4.31. The van der Waals surface area contributed by atoms with Gasteiger partial charge in [0.25, 0.3) is 0 Å². The van der Waals surface area contributed by atoms with E-state index in [2.05, 4.69) is 26.1 Å². The lowest BCUT2D eigenvalue weighted by Gasteiger charge is -2.21. The average molecular weight is 355 g/mol. The number of ether oxygens (including phenoxy) is 3. The molecule has 0 atom stereocenters. The average Bonchev–Trinajstić information content (AvgIpc) is 2.60. The molecular weight excluding hydrogens is 330 g/mol. The minimum absolute atomic E-state index is 0.0123. The Kier molecular flexibility index (Phi) is 5.07. The molecule has 2 aromatic carbocycles. The normalized spacial score (nSPS) is 13.2. The number of nitrogens with one attached hydrogen (secondary N) is 1. The maximum absolute atomic E-state index is 12.5. The summed E-state index contributed by atoms with van der Waals surface area (Å²) in [5.74, 6) is 1.95. The maximum Gasteiger partial charge on any atom is 0.228 e. The van der Waals surface area contributed by atoms with Crippen molar-refractivity contribution in [1.29, 1.82) is 0 Å². The monoisotopic (exact) mass is 355 g/mol. The van der Waals surface area contributed by atoms with Crippen molar-refractivity contribution in [1.82, 2.24) is 0 Å². The van der Waals surface area contributed by atoms with Gasteiger partial charge in [-0.05, 0) is 40.8 Å². The first-order chi connectivity index (χ1) is 12.4. The van der Waals surface area contributed by atoms with Crippen molar-refractivity contribution in [3.8, 4) is 17.2 Å². The van der Waals surface area contributed by atoms with E-state index in [-0.39, 0.29) is 17.7 Å². The van der Waals surface area contributed by atoms with Crippen LogP contribution in [0.5, 0.6) is 17.2 Å². The van der Waals surface area contributed by atoms with Crippen LogP contribution in [0.4, 0.5) is 5.69 Å². The summed E-state index contributed by atoms with van der Waals surface area (Å²) < 4.78 is 16.5. The van der Waals surface area contributed by atoms with Crippen LogP contribution in [0.25, 0.3) is 0 Å². The molecule has 1 aliphatic heterocycles. The van der Waals surface area contributed by atoms with Crippen molar-refractivity contribution in [3.05, 3.63) is 47.5 Å². The van der Waals surface area contributed by atoms with Crippen molar-refractivity contribution in [2.75, 3.05) is 25.6 Å². The first kappa shape index (κ1) is 18.1. The van der Waals surface area contributed by atoms with Crippen LogP contribution in [0, 0.1) is 0 Å². The molecule has 3 rings (SSSR count). The predicted molar refractivity (Wildman–Crippen MR) is 101 cm³/mol. The van der Waals surface area contributed by atoms with E-state index in [1.807, 2.05) is 36.4 Å². The van der Waals surface area contributed by atoms with Crippen molar-refractivity contribution >= 4 is 11.6 Å². The van der Waals surface area contributed by atoms with Gasteiger partial charge in [0.05, 0.1) is 19.2 Å². The van der Waals surface area contributed by atoms with Gasteiger partial charge in [-0.2, -0.15) is 0 Å². The van der Waals surface area contributed by atoms with Gasteiger partial charge in [-0.1, -0.05) is 32.9 Å². The van der Waals surface area contributed by atoms with Crippen LogP contribution in [-0.2, 0) is 16.6 Å². The lowest BCUT2D eigenvalue weighted by molar-refractivity contribution is -0.115. The molecule has 0 spiro atoms. The second-order valence-corrected chi connectivity index (χ2v) is 7.37. The number of hydrogen-bond donors (Lipinski definition) is 1. The Morgan fingerprint density at radius 2 is 1.81 bits per heavy atom. The number of carbonyl (C=O) groups is 1. The van der Waals surface area contributed by atoms with Gasteiger partial charge < -0.3 is 19.5 Å². The highest BCUT2D eigenvalue weighted by molar-refractivity contribution is 5.94. The first-order valence-corrected chi connectivity index (χ1v) is 8.74. The van der Waals surface area contributed by atoms with Gasteiger partial charge in [0.15, 0.2) is 11.5 Å². The van der Waals surface area contributed by atoms with Crippen LogP contribution in [0.3, 0.4) is 0 Å². The summed E-state index contributed by atoms with van der Waals surface area (Å²) in [4.78, 5) is 12.5. The molecule has 0 fully saturated rings. The van der Waals surface area contributed by atoms with E-state index in [0.29, 0.717) is 30.4 Å². The molecule has 0 bridgehead atoms. The highest BCUT2D eigenvalue weighted by Crippen LogP contribution is 2.33. The Morgan fingerprint density at radius 1 is 1.08 bits per heavy atom. The number of anilines is 1. The lowest BCUT2D eigenvalue weighted by atomic mass is 9.87. The summed E-state index contributed by atoms with van der Waals surface area (Å²) in [6, 6.07) is 11.5. The van der Waals surface area contributed by atoms with Gasteiger partial charge in [0.1, 0.15) is 19.0 Å². The first-order valence-electron chi connectivity index (χ1n) is 8.74. The second kappa shape index (κ2) is 7.28. The van der Waals surface area contributed by atoms with Gasteiger partial charge in [-0.3, -0.25) is 4.79 Å². The number of fused-ring (bicyclic) bond motifs is 1. The third kappa shape index (κ3) is 4.10. The molecule has 26 heavy (non-hydrogen) atoms. The lowest BCUT2D eigenvalue weighted by Crippen LogP contribution is -2.18. The number of methoxy groups -OCH3 is 1. The van der Waals surface area contributed by atoms with E-state index >= 15 is 0 Å². The number of benzene rings is 2. The Labute approximate surface area is 154 Å². The fourth-order valence-corrected chi connectivity index (χ4v) is 2.85. The zero-order chi connectivity index (χ0) is 18.7. The van der Waals surface area contributed by atoms with E-state index in [0.717, 1.165) is 16.9 Å². The van der Waals surface area contributed by atoms with Gasteiger partial charge in [0, 0.05) is 0 Å². The minimum atomic E-state index is -0.106. The summed E-state index contributed by atoms with van der Waals surface area (Å²) >= 11 is 0. The molecule has 0 radical (unpaired) electrons. The van der Waals surface area contributed by atoms with E-state index < -0.39 is 0 Å². The number of carbonyl (C=O) groups excluding carboxylic acids is 1. The van der Waals surface area contributed by atoms with Crippen LogP contribution in [-0.4, -0.2) is 26.2 Å². The van der Waals surface area contributed by atoms with E-state index in [1.54, 1.807) is 7.11 Å². The molecule has 5 nitrogen and oxygen atoms in total. The van der Waals surface area contributed by atoms with Gasteiger partial charge in [-0.15, -0.1) is 0 Å². The Hall–Kier alpha value is -2.69. The SMILES string of the molecule is COc1ccc(C(C)(C)C)cc1NC(=O)Cc1ccc2c(c1)OCCO2. The van der Waals surface area contributed by atoms with Gasteiger partial charge >= 0.3 is 0 Å². The molecule has 5 heteroatoms. The molecule has 1 heterocycles. The molecule has 1 amide bonds. The molecule has 138 valence electrons. The van der Waals surface area contributed by atoms with Crippen LogP contribution < -0.4 is 19.5 Å². The number of hydrogen-bond acceptors (Lipinski definition) is 4.